The predicted octanol–water partition coefficient (Wildman–Crippen LogP) is 2.46. The Morgan fingerprint density at radius 3 is 2.42 bits per heavy atom. The molecule has 0 aromatic heterocycles. The molecule has 0 saturated carbocycles. The van der Waals surface area contributed by atoms with Gasteiger partial charge in [0.05, 0.1) is 0 Å². The van der Waals surface area contributed by atoms with Crippen LogP contribution in [0.25, 0.3) is 0 Å². The molecule has 5 nitrogen and oxygen atoms in total. The highest BCUT2D eigenvalue weighted by atomic mass is 16.6. The number of carbonyl (C=O) groups is 2. The highest BCUT2D eigenvalue weighted by Crippen LogP contribution is 2.12. The number of hydrogen-bond acceptors (Lipinski definition) is 3. The molecule has 1 aromatic carbocycles. The molecule has 0 aliphatic carbocycles. The van der Waals surface area contributed by atoms with Crippen LogP contribution in [0.15, 0.2) is 24.3 Å². The van der Waals surface area contributed by atoms with Crippen LogP contribution in [-0.2, 0) is 9.53 Å². The molecular formula is C14H20N2O3. The average Bonchev–Trinajstić information content (AvgIpc) is 2.27. The van der Waals surface area contributed by atoms with Gasteiger partial charge in [0.1, 0.15) is 12.1 Å². The number of carbonyl (C=O) groups excluding carboxylic acids is 2. The average molecular weight is 264 g/mol. The van der Waals surface area contributed by atoms with Crippen molar-refractivity contribution in [2.75, 3.05) is 11.9 Å². The number of anilines is 1. The monoisotopic (exact) mass is 264 g/mol. The SMILES string of the molecule is Cc1ccccc1NC(=O)CNC(=O)OC(C)(C)C. The molecule has 2 amide bonds. The van der Waals surface area contributed by atoms with Crippen molar-refractivity contribution in [3.63, 3.8) is 0 Å². The van der Waals surface area contributed by atoms with Crippen LogP contribution in [-0.4, -0.2) is 24.1 Å². The maximum Gasteiger partial charge on any atom is 0.408 e. The summed E-state index contributed by atoms with van der Waals surface area (Å²) in [4.78, 5) is 23.0. The van der Waals surface area contributed by atoms with E-state index in [-0.39, 0.29) is 12.5 Å². The van der Waals surface area contributed by atoms with E-state index in [4.69, 9.17) is 4.74 Å². The molecule has 0 aliphatic rings. The number of aryl methyl sites for hydroxylation is 1. The zero-order valence-corrected chi connectivity index (χ0v) is 11.7. The molecule has 0 spiro atoms. The van der Waals surface area contributed by atoms with Crippen LogP contribution >= 0.6 is 0 Å². The Kier molecular flexibility index (Phi) is 4.92. The van der Waals surface area contributed by atoms with Crippen LogP contribution < -0.4 is 10.6 Å². The van der Waals surface area contributed by atoms with Crippen molar-refractivity contribution in [2.45, 2.75) is 33.3 Å². The van der Waals surface area contributed by atoms with E-state index in [9.17, 15) is 9.59 Å². The van der Waals surface area contributed by atoms with Crippen molar-refractivity contribution < 1.29 is 14.3 Å². The first-order chi connectivity index (χ1) is 8.78. The van der Waals surface area contributed by atoms with Crippen LogP contribution in [0, 0.1) is 6.92 Å². The largest absolute Gasteiger partial charge is 0.444 e. The van der Waals surface area contributed by atoms with Gasteiger partial charge in [-0.2, -0.15) is 0 Å². The van der Waals surface area contributed by atoms with Gasteiger partial charge in [0.2, 0.25) is 5.91 Å². The third-order valence-corrected chi connectivity index (χ3v) is 2.21. The minimum Gasteiger partial charge on any atom is -0.444 e. The maximum atomic E-state index is 11.7. The molecule has 0 unspecified atom stereocenters. The Morgan fingerprint density at radius 1 is 1.21 bits per heavy atom. The summed E-state index contributed by atoms with van der Waals surface area (Å²) >= 11 is 0. The quantitative estimate of drug-likeness (QED) is 0.881. The lowest BCUT2D eigenvalue weighted by Crippen LogP contribution is -2.37. The molecule has 1 aromatic rings. The lowest BCUT2D eigenvalue weighted by atomic mass is 10.2. The van der Waals surface area contributed by atoms with Gasteiger partial charge in [-0.1, -0.05) is 18.2 Å². The third kappa shape index (κ3) is 5.90. The summed E-state index contributed by atoms with van der Waals surface area (Å²) in [5.74, 6) is -0.292. The predicted molar refractivity (Wildman–Crippen MR) is 74.0 cm³/mol. The molecular weight excluding hydrogens is 244 g/mol. The van der Waals surface area contributed by atoms with Crippen molar-refractivity contribution in [2.24, 2.45) is 0 Å². The summed E-state index contributed by atoms with van der Waals surface area (Å²) in [6, 6.07) is 7.44. The zero-order chi connectivity index (χ0) is 14.5. The first kappa shape index (κ1) is 15.0. The van der Waals surface area contributed by atoms with Crippen molar-refractivity contribution in [1.82, 2.24) is 5.32 Å². The third-order valence-electron chi connectivity index (χ3n) is 2.21. The Hall–Kier alpha value is -2.04. The van der Waals surface area contributed by atoms with Crippen molar-refractivity contribution >= 4 is 17.7 Å². The summed E-state index contributed by atoms with van der Waals surface area (Å²) in [5.41, 5.74) is 1.13. The highest BCUT2D eigenvalue weighted by molar-refractivity contribution is 5.94. The van der Waals surface area contributed by atoms with E-state index in [0.29, 0.717) is 0 Å². The second-order valence-corrected chi connectivity index (χ2v) is 5.22. The summed E-state index contributed by atoms with van der Waals surface area (Å²) in [5, 5.41) is 5.12. The van der Waals surface area contributed by atoms with Crippen molar-refractivity contribution in [1.29, 1.82) is 0 Å². The van der Waals surface area contributed by atoms with Crippen molar-refractivity contribution in [3.8, 4) is 0 Å². The second-order valence-electron chi connectivity index (χ2n) is 5.22. The van der Waals surface area contributed by atoms with Crippen LogP contribution in [0.3, 0.4) is 0 Å². The fourth-order valence-electron chi connectivity index (χ4n) is 1.37. The Morgan fingerprint density at radius 2 is 1.84 bits per heavy atom. The number of alkyl carbamates (subject to hydrolysis) is 1. The number of nitrogens with one attached hydrogen (secondary N) is 2. The Bertz CT molecular complexity index is 464. The normalized spacial score (nSPS) is 10.7. The molecule has 0 bridgehead atoms. The number of amides is 2. The van der Waals surface area contributed by atoms with Gasteiger partial charge in [-0.3, -0.25) is 4.79 Å². The van der Waals surface area contributed by atoms with Crippen LogP contribution in [0.5, 0.6) is 0 Å². The number of rotatable bonds is 3. The van der Waals surface area contributed by atoms with E-state index in [1.54, 1.807) is 26.8 Å². The Balaban J connectivity index is 2.41. The van der Waals surface area contributed by atoms with Gasteiger partial charge in [-0.05, 0) is 39.3 Å². The molecule has 2 N–H and O–H groups in total. The van der Waals surface area contributed by atoms with E-state index in [1.165, 1.54) is 0 Å². The van der Waals surface area contributed by atoms with Crippen LogP contribution in [0.1, 0.15) is 26.3 Å². The molecule has 0 heterocycles. The first-order valence-corrected chi connectivity index (χ1v) is 6.10. The van der Waals surface area contributed by atoms with E-state index in [2.05, 4.69) is 10.6 Å². The minimum absolute atomic E-state index is 0.122. The molecule has 1 rings (SSSR count). The van der Waals surface area contributed by atoms with E-state index in [0.717, 1.165) is 11.3 Å². The number of ether oxygens (including phenoxy) is 1. The second kappa shape index (κ2) is 6.22. The van der Waals surface area contributed by atoms with Gasteiger partial charge < -0.3 is 15.4 Å². The fourth-order valence-corrected chi connectivity index (χ4v) is 1.37. The number of para-hydroxylation sites is 1. The lowest BCUT2D eigenvalue weighted by molar-refractivity contribution is -0.115. The lowest BCUT2D eigenvalue weighted by Gasteiger charge is -2.19. The number of benzene rings is 1. The molecule has 0 radical (unpaired) electrons. The van der Waals surface area contributed by atoms with Gasteiger partial charge in [-0.15, -0.1) is 0 Å². The molecule has 0 atom stereocenters. The summed E-state index contributed by atoms with van der Waals surface area (Å²) in [6.45, 7) is 7.07. The van der Waals surface area contributed by atoms with Gasteiger partial charge in [0.15, 0.2) is 0 Å². The molecule has 0 fully saturated rings. The van der Waals surface area contributed by atoms with Gasteiger partial charge in [-0.25, -0.2) is 4.79 Å². The number of hydrogen-bond donors (Lipinski definition) is 2. The maximum absolute atomic E-state index is 11.7. The Labute approximate surface area is 113 Å². The summed E-state index contributed by atoms with van der Waals surface area (Å²) < 4.78 is 5.03. The van der Waals surface area contributed by atoms with Crippen LogP contribution in [0.4, 0.5) is 10.5 Å². The van der Waals surface area contributed by atoms with E-state index >= 15 is 0 Å². The van der Waals surface area contributed by atoms with Gasteiger partial charge >= 0.3 is 6.09 Å². The van der Waals surface area contributed by atoms with E-state index in [1.807, 2.05) is 25.1 Å². The van der Waals surface area contributed by atoms with Crippen LogP contribution in [0.2, 0.25) is 0 Å². The van der Waals surface area contributed by atoms with Gasteiger partial charge in [0, 0.05) is 5.69 Å². The molecule has 0 saturated heterocycles. The standard InChI is InChI=1S/C14H20N2O3/c1-10-7-5-6-8-11(10)16-12(17)9-15-13(18)19-14(2,3)4/h5-8H,9H2,1-4H3,(H,15,18)(H,16,17). The summed E-state index contributed by atoms with van der Waals surface area (Å²) in [7, 11) is 0. The summed E-state index contributed by atoms with van der Waals surface area (Å²) in [6.07, 6.45) is -0.604. The fraction of sp³-hybridized carbons (Fsp3) is 0.429. The molecule has 104 valence electrons. The topological polar surface area (TPSA) is 67.4 Å². The highest BCUT2D eigenvalue weighted by Gasteiger charge is 2.16. The molecule has 5 heteroatoms. The molecule has 0 aliphatic heterocycles. The first-order valence-electron chi connectivity index (χ1n) is 6.10. The van der Waals surface area contributed by atoms with Gasteiger partial charge in [0.25, 0.3) is 0 Å². The van der Waals surface area contributed by atoms with E-state index < -0.39 is 11.7 Å². The zero-order valence-electron chi connectivity index (χ0n) is 11.7. The smallest absolute Gasteiger partial charge is 0.408 e. The van der Waals surface area contributed by atoms with Crippen molar-refractivity contribution in [3.05, 3.63) is 29.8 Å². The minimum atomic E-state index is -0.604. The molecule has 19 heavy (non-hydrogen) atoms.